The molecule has 0 aliphatic rings. The molecule has 0 saturated heterocycles. The number of aryl methyl sites for hydroxylation is 1. The van der Waals surface area contributed by atoms with Crippen molar-refractivity contribution in [3.8, 4) is 11.5 Å². The average molecular weight is 580 g/mol. The number of methoxy groups -OCH3 is 1. The van der Waals surface area contributed by atoms with Gasteiger partial charge in [-0.15, -0.1) is 0 Å². The average Bonchev–Trinajstić information content (AvgIpc) is 3.34. The third-order valence-electron chi connectivity index (χ3n) is 6.21. The predicted molar refractivity (Wildman–Crippen MR) is 154 cm³/mol. The van der Waals surface area contributed by atoms with Crippen molar-refractivity contribution < 1.29 is 32.2 Å². The van der Waals surface area contributed by atoms with Crippen molar-refractivity contribution in [2.75, 3.05) is 7.11 Å². The molecule has 4 aromatic rings. The number of ether oxygens (including phenoxy) is 3. The van der Waals surface area contributed by atoms with E-state index in [1.54, 1.807) is 88.4 Å². The molecular weight excluding hydrogens is 546 g/mol. The molecule has 0 fully saturated rings. The fourth-order valence-electron chi connectivity index (χ4n) is 4.23. The summed E-state index contributed by atoms with van der Waals surface area (Å²) >= 11 is 0. The van der Waals surface area contributed by atoms with Gasteiger partial charge in [0.15, 0.2) is 5.65 Å². The van der Waals surface area contributed by atoms with Crippen LogP contribution in [-0.2, 0) is 30.7 Å². The second kappa shape index (κ2) is 11.2. The molecule has 1 N–H and O–H groups in total. The van der Waals surface area contributed by atoms with E-state index in [4.69, 9.17) is 14.2 Å². The number of pyridine rings is 1. The van der Waals surface area contributed by atoms with E-state index in [-0.39, 0.29) is 17.0 Å². The van der Waals surface area contributed by atoms with Crippen molar-refractivity contribution in [1.29, 1.82) is 0 Å². The van der Waals surface area contributed by atoms with Gasteiger partial charge in [-0.3, -0.25) is 0 Å². The van der Waals surface area contributed by atoms with Crippen LogP contribution in [0.3, 0.4) is 0 Å². The van der Waals surface area contributed by atoms with Crippen LogP contribution in [0.5, 0.6) is 11.5 Å². The Morgan fingerprint density at radius 2 is 1.61 bits per heavy atom. The highest BCUT2D eigenvalue weighted by atomic mass is 32.2. The van der Waals surface area contributed by atoms with Crippen molar-refractivity contribution in [3.05, 3.63) is 84.2 Å². The number of carbonyl (C=O) groups is 2. The van der Waals surface area contributed by atoms with Gasteiger partial charge in [0.05, 0.1) is 17.4 Å². The Balaban J connectivity index is 1.55. The van der Waals surface area contributed by atoms with Crippen molar-refractivity contribution >= 4 is 33.1 Å². The van der Waals surface area contributed by atoms with E-state index < -0.39 is 33.2 Å². The molecular formula is C30H33N3O7S. The summed E-state index contributed by atoms with van der Waals surface area (Å²) in [5.41, 5.74) is -0.180. The largest absolute Gasteiger partial charge is 0.467 e. The van der Waals surface area contributed by atoms with Gasteiger partial charge < -0.3 is 19.5 Å². The molecule has 10 nitrogen and oxygen atoms in total. The van der Waals surface area contributed by atoms with Crippen molar-refractivity contribution in [1.82, 2.24) is 14.3 Å². The fraction of sp³-hybridized carbons (Fsp3) is 0.300. The molecule has 0 bridgehead atoms. The van der Waals surface area contributed by atoms with Gasteiger partial charge >= 0.3 is 12.1 Å². The van der Waals surface area contributed by atoms with E-state index in [0.29, 0.717) is 16.9 Å². The minimum absolute atomic E-state index is 0.137. The molecule has 4 rings (SSSR count). The van der Waals surface area contributed by atoms with Crippen LogP contribution in [0.25, 0.3) is 11.0 Å². The number of nitrogens with zero attached hydrogens (tertiary/aromatic N) is 2. The quantitative estimate of drug-likeness (QED) is 0.276. The van der Waals surface area contributed by atoms with Crippen LogP contribution >= 0.6 is 0 Å². The highest BCUT2D eigenvalue weighted by Gasteiger charge is 2.37. The third-order valence-corrected chi connectivity index (χ3v) is 7.89. The zero-order valence-corrected chi connectivity index (χ0v) is 24.6. The second-order valence-electron chi connectivity index (χ2n) is 10.8. The molecule has 2 aromatic carbocycles. The lowest BCUT2D eigenvalue weighted by molar-refractivity contribution is -0.147. The maximum Gasteiger partial charge on any atom is 0.408 e. The minimum atomic E-state index is -3.86. The van der Waals surface area contributed by atoms with Gasteiger partial charge in [-0.05, 0) is 76.6 Å². The minimum Gasteiger partial charge on any atom is -0.467 e. The first-order valence-electron chi connectivity index (χ1n) is 12.9. The summed E-state index contributed by atoms with van der Waals surface area (Å²) in [5.74, 6) is 0.287. The maximum atomic E-state index is 13.3. The van der Waals surface area contributed by atoms with Crippen LogP contribution in [0.2, 0.25) is 0 Å². The third kappa shape index (κ3) is 6.68. The summed E-state index contributed by atoms with van der Waals surface area (Å²) in [5, 5.41) is 3.15. The number of alkyl carbamates (subject to hydrolysis) is 1. The Hall–Kier alpha value is -4.38. The standard InChI is InChI=1S/C30H33N3O7S/c1-20-7-13-23(14-8-20)41(36,37)33-18-16-24-25(15-17-31-26(24)33)39-22-11-9-21(10-12-22)19-30(5,27(34)38-6)32-28(35)40-29(2,3)4/h7-18H,19H2,1-6H3,(H,32,35). The van der Waals surface area contributed by atoms with Crippen molar-refractivity contribution in [2.45, 2.75) is 57.1 Å². The van der Waals surface area contributed by atoms with Crippen LogP contribution in [0, 0.1) is 6.92 Å². The number of amides is 1. The zero-order chi connectivity index (χ0) is 30.0. The highest BCUT2D eigenvalue weighted by Crippen LogP contribution is 2.31. The van der Waals surface area contributed by atoms with Crippen molar-refractivity contribution in [2.24, 2.45) is 0 Å². The van der Waals surface area contributed by atoms with Crippen molar-refractivity contribution in [3.63, 3.8) is 0 Å². The van der Waals surface area contributed by atoms with Crippen LogP contribution in [0.4, 0.5) is 4.79 Å². The van der Waals surface area contributed by atoms with Gasteiger partial charge in [0.1, 0.15) is 22.6 Å². The molecule has 0 radical (unpaired) electrons. The lowest BCUT2D eigenvalue weighted by Crippen LogP contribution is -2.55. The number of carbonyl (C=O) groups excluding carboxylic acids is 2. The topological polar surface area (TPSA) is 126 Å². The van der Waals surface area contributed by atoms with Crippen LogP contribution in [-0.4, -0.2) is 47.7 Å². The molecule has 2 heterocycles. The molecule has 1 unspecified atom stereocenters. The molecule has 0 saturated carbocycles. The molecule has 2 aromatic heterocycles. The summed E-state index contributed by atoms with van der Waals surface area (Å²) in [4.78, 5) is 29.4. The number of benzene rings is 2. The number of esters is 1. The highest BCUT2D eigenvalue weighted by molar-refractivity contribution is 7.90. The van der Waals surface area contributed by atoms with Crippen LogP contribution in [0.1, 0.15) is 38.8 Å². The summed E-state index contributed by atoms with van der Waals surface area (Å²) in [6.07, 6.45) is 2.34. The van der Waals surface area contributed by atoms with Gasteiger partial charge in [0.2, 0.25) is 0 Å². The number of nitrogens with one attached hydrogen (secondary N) is 1. The Kier molecular flexibility index (Phi) is 8.12. The number of aromatic nitrogens is 2. The lowest BCUT2D eigenvalue weighted by atomic mass is 9.93. The second-order valence-corrected chi connectivity index (χ2v) is 12.7. The Morgan fingerprint density at radius 3 is 2.22 bits per heavy atom. The fourth-order valence-corrected chi connectivity index (χ4v) is 5.53. The molecule has 1 amide bonds. The van der Waals surface area contributed by atoms with E-state index in [1.165, 1.54) is 19.5 Å². The van der Waals surface area contributed by atoms with Gasteiger partial charge in [-0.1, -0.05) is 29.8 Å². The molecule has 41 heavy (non-hydrogen) atoms. The molecule has 0 aliphatic heterocycles. The van der Waals surface area contributed by atoms with Crippen LogP contribution in [0.15, 0.2) is 78.0 Å². The van der Waals surface area contributed by atoms with Gasteiger partial charge in [0.25, 0.3) is 10.0 Å². The Bertz CT molecular complexity index is 1670. The van der Waals surface area contributed by atoms with Crippen LogP contribution < -0.4 is 10.1 Å². The first-order chi connectivity index (χ1) is 19.2. The van der Waals surface area contributed by atoms with E-state index >= 15 is 0 Å². The van der Waals surface area contributed by atoms with Gasteiger partial charge in [0, 0.05) is 18.8 Å². The number of hydrogen-bond acceptors (Lipinski definition) is 8. The SMILES string of the molecule is COC(=O)C(C)(Cc1ccc(Oc2ccnc3c2ccn3S(=O)(=O)c2ccc(C)cc2)cc1)NC(=O)OC(C)(C)C. The van der Waals surface area contributed by atoms with E-state index in [1.807, 2.05) is 6.92 Å². The van der Waals surface area contributed by atoms with E-state index in [2.05, 4.69) is 10.3 Å². The number of fused-ring (bicyclic) bond motifs is 1. The Morgan fingerprint density at radius 1 is 0.951 bits per heavy atom. The summed E-state index contributed by atoms with van der Waals surface area (Å²) in [6, 6.07) is 16.9. The van der Waals surface area contributed by atoms with Gasteiger partial charge in [-0.25, -0.2) is 27.0 Å². The normalized spacial score (nSPS) is 13.3. The smallest absolute Gasteiger partial charge is 0.408 e. The van der Waals surface area contributed by atoms with Gasteiger partial charge in [-0.2, -0.15) is 0 Å². The van der Waals surface area contributed by atoms with E-state index in [9.17, 15) is 18.0 Å². The maximum absolute atomic E-state index is 13.3. The summed E-state index contributed by atoms with van der Waals surface area (Å²) in [6.45, 7) is 8.65. The monoisotopic (exact) mass is 579 g/mol. The van der Waals surface area contributed by atoms with E-state index in [0.717, 1.165) is 15.1 Å². The zero-order valence-electron chi connectivity index (χ0n) is 23.8. The number of hydrogen-bond donors (Lipinski definition) is 1. The molecule has 0 aliphatic carbocycles. The first-order valence-corrected chi connectivity index (χ1v) is 14.3. The molecule has 11 heteroatoms. The molecule has 216 valence electrons. The summed E-state index contributed by atoms with van der Waals surface area (Å²) in [7, 11) is -2.60. The predicted octanol–water partition coefficient (Wildman–Crippen LogP) is 5.37. The Labute approximate surface area is 239 Å². The first kappa shape index (κ1) is 29.6. The summed E-state index contributed by atoms with van der Waals surface area (Å²) < 4.78 is 44.0. The molecule has 1 atom stereocenters. The molecule has 0 spiro atoms. The number of rotatable bonds is 8. The lowest BCUT2D eigenvalue weighted by Gasteiger charge is -2.29.